The van der Waals surface area contributed by atoms with E-state index < -0.39 is 16.8 Å². The van der Waals surface area contributed by atoms with Crippen LogP contribution in [-0.4, -0.2) is 18.4 Å². The number of amides is 1. The Morgan fingerprint density at radius 2 is 1.86 bits per heavy atom. The van der Waals surface area contributed by atoms with Crippen molar-refractivity contribution in [3.05, 3.63) is 35.9 Å². The zero-order valence-corrected chi connectivity index (χ0v) is 13.5. The highest BCUT2D eigenvalue weighted by Gasteiger charge is 2.54. The second kappa shape index (κ2) is 6.11. The van der Waals surface area contributed by atoms with Gasteiger partial charge in [0.2, 0.25) is 5.91 Å². The highest BCUT2D eigenvalue weighted by molar-refractivity contribution is 5.83. The maximum Gasteiger partial charge on any atom is 0.223 e. The monoisotopic (exact) mass is 302 g/mol. The van der Waals surface area contributed by atoms with E-state index in [0.717, 1.165) is 6.42 Å². The van der Waals surface area contributed by atoms with Gasteiger partial charge in [-0.3, -0.25) is 4.79 Å². The smallest absolute Gasteiger partial charge is 0.223 e. The molecule has 1 aromatic rings. The second-order valence-electron chi connectivity index (χ2n) is 6.96. The number of carboxylic acid groups (broad SMARTS) is 1. The highest BCUT2D eigenvalue weighted by atomic mass is 16.4. The molecule has 120 valence electrons. The van der Waals surface area contributed by atoms with Crippen LogP contribution < -0.4 is 10.4 Å². The van der Waals surface area contributed by atoms with Crippen molar-refractivity contribution in [2.75, 3.05) is 6.54 Å². The van der Waals surface area contributed by atoms with E-state index in [1.54, 1.807) is 6.92 Å². The van der Waals surface area contributed by atoms with Crippen LogP contribution in [-0.2, 0) is 16.0 Å². The van der Waals surface area contributed by atoms with E-state index in [9.17, 15) is 14.7 Å². The third kappa shape index (κ3) is 2.87. The average molecular weight is 302 g/mol. The van der Waals surface area contributed by atoms with Crippen molar-refractivity contribution in [3.8, 4) is 0 Å². The molecule has 0 radical (unpaired) electrons. The Kier molecular flexibility index (Phi) is 4.59. The summed E-state index contributed by atoms with van der Waals surface area (Å²) < 4.78 is 0. The van der Waals surface area contributed by atoms with Gasteiger partial charge >= 0.3 is 0 Å². The Morgan fingerprint density at radius 1 is 1.23 bits per heavy atom. The number of rotatable bonds is 5. The van der Waals surface area contributed by atoms with Crippen LogP contribution in [0.25, 0.3) is 0 Å². The van der Waals surface area contributed by atoms with Crippen LogP contribution in [0.3, 0.4) is 0 Å². The van der Waals surface area contributed by atoms with Gasteiger partial charge in [0.1, 0.15) is 0 Å². The summed E-state index contributed by atoms with van der Waals surface area (Å²) in [7, 11) is 0. The molecule has 2 atom stereocenters. The molecule has 1 aromatic carbocycles. The lowest BCUT2D eigenvalue weighted by Gasteiger charge is -2.41. The van der Waals surface area contributed by atoms with E-state index in [1.807, 2.05) is 44.2 Å². The minimum atomic E-state index is -1.06. The number of hydrogen-bond donors (Lipinski definition) is 1. The minimum absolute atomic E-state index is 0.0501. The van der Waals surface area contributed by atoms with Crippen molar-refractivity contribution in [2.24, 2.45) is 16.7 Å². The van der Waals surface area contributed by atoms with Gasteiger partial charge in [0.05, 0.1) is 0 Å². The number of carboxylic acids is 1. The van der Waals surface area contributed by atoms with Crippen LogP contribution in [0.1, 0.15) is 39.2 Å². The zero-order valence-electron chi connectivity index (χ0n) is 13.5. The predicted octanol–water partition coefficient (Wildman–Crippen LogP) is 1.54. The van der Waals surface area contributed by atoms with Crippen molar-refractivity contribution in [3.63, 3.8) is 0 Å². The third-order valence-electron chi connectivity index (χ3n) is 5.55. The van der Waals surface area contributed by atoms with Gasteiger partial charge in [0, 0.05) is 23.8 Å². The van der Waals surface area contributed by atoms with E-state index >= 15 is 0 Å². The molecule has 4 heteroatoms. The molecule has 0 spiro atoms. The molecule has 2 rings (SSSR count). The molecule has 0 aliphatic heterocycles. The third-order valence-corrected chi connectivity index (χ3v) is 5.55. The molecule has 0 aromatic heterocycles. The Bertz CT molecular complexity index is 553. The fraction of sp³-hybridized carbons (Fsp3) is 0.556. The predicted molar refractivity (Wildman–Crippen MR) is 82.8 cm³/mol. The molecule has 0 bridgehead atoms. The number of nitrogens with one attached hydrogen (secondary N) is 1. The van der Waals surface area contributed by atoms with Gasteiger partial charge in [-0.15, -0.1) is 0 Å². The lowest BCUT2D eigenvalue weighted by Crippen LogP contribution is -2.50. The van der Waals surface area contributed by atoms with E-state index in [0.29, 0.717) is 19.4 Å². The standard InChI is InChI=1S/C18H25NO3/c1-17(2)14(9-11-18(17,3)16(21)22)15(20)19-12-10-13-7-5-4-6-8-13/h4-8,14H,9-12H2,1-3H3,(H,19,20)(H,21,22)/p-1/t14-,18-/m0/s1. The molecular formula is C18H24NO3-. The second-order valence-corrected chi connectivity index (χ2v) is 6.96. The number of carbonyl (C=O) groups is 2. The molecule has 22 heavy (non-hydrogen) atoms. The van der Waals surface area contributed by atoms with Crippen molar-refractivity contribution < 1.29 is 14.7 Å². The van der Waals surface area contributed by atoms with E-state index in [1.165, 1.54) is 5.56 Å². The van der Waals surface area contributed by atoms with E-state index in [-0.39, 0.29) is 11.8 Å². The number of carbonyl (C=O) groups excluding carboxylic acids is 2. The molecule has 1 N–H and O–H groups in total. The average Bonchev–Trinajstić information content (AvgIpc) is 2.72. The van der Waals surface area contributed by atoms with E-state index in [2.05, 4.69) is 5.32 Å². The van der Waals surface area contributed by atoms with Crippen molar-refractivity contribution in [1.82, 2.24) is 5.32 Å². The summed E-state index contributed by atoms with van der Waals surface area (Å²) in [6.45, 7) is 5.98. The van der Waals surface area contributed by atoms with Crippen LogP contribution in [0.5, 0.6) is 0 Å². The summed E-state index contributed by atoms with van der Waals surface area (Å²) in [6.07, 6.45) is 1.85. The van der Waals surface area contributed by atoms with Crippen LogP contribution in [0, 0.1) is 16.7 Å². The first kappa shape index (κ1) is 16.5. The number of benzene rings is 1. The minimum Gasteiger partial charge on any atom is -0.550 e. The summed E-state index contributed by atoms with van der Waals surface area (Å²) >= 11 is 0. The maximum atomic E-state index is 12.4. The van der Waals surface area contributed by atoms with Gasteiger partial charge in [0.25, 0.3) is 0 Å². The van der Waals surface area contributed by atoms with Gasteiger partial charge in [-0.1, -0.05) is 51.1 Å². The molecule has 0 heterocycles. The van der Waals surface area contributed by atoms with Crippen molar-refractivity contribution in [1.29, 1.82) is 0 Å². The summed E-state index contributed by atoms with van der Waals surface area (Å²) in [5.74, 6) is -1.39. The first-order chi connectivity index (χ1) is 10.3. The fourth-order valence-corrected chi connectivity index (χ4v) is 3.42. The summed E-state index contributed by atoms with van der Waals surface area (Å²) in [5, 5.41) is 14.4. The molecule has 1 aliphatic rings. The first-order valence-electron chi connectivity index (χ1n) is 7.82. The van der Waals surface area contributed by atoms with E-state index in [4.69, 9.17) is 0 Å². The Balaban J connectivity index is 1.95. The maximum absolute atomic E-state index is 12.4. The van der Waals surface area contributed by atoms with Gasteiger partial charge in [-0.05, 0) is 30.2 Å². The summed E-state index contributed by atoms with van der Waals surface area (Å²) in [6, 6.07) is 9.96. The Morgan fingerprint density at radius 3 is 2.41 bits per heavy atom. The number of hydrogen-bond acceptors (Lipinski definition) is 3. The Labute approximate surface area is 131 Å². The molecule has 1 fully saturated rings. The SMILES string of the molecule is CC1(C)[C@H](C(=O)NCCc2ccccc2)CC[C@@]1(C)C(=O)[O-]. The fourth-order valence-electron chi connectivity index (χ4n) is 3.42. The molecule has 1 aliphatic carbocycles. The van der Waals surface area contributed by atoms with Gasteiger partial charge in [-0.2, -0.15) is 0 Å². The quantitative estimate of drug-likeness (QED) is 0.897. The largest absolute Gasteiger partial charge is 0.550 e. The van der Waals surface area contributed by atoms with Gasteiger partial charge in [0.15, 0.2) is 0 Å². The lowest BCUT2D eigenvalue weighted by molar-refractivity contribution is -0.323. The topological polar surface area (TPSA) is 69.2 Å². The van der Waals surface area contributed by atoms with Crippen LogP contribution in [0.4, 0.5) is 0 Å². The van der Waals surface area contributed by atoms with Crippen LogP contribution >= 0.6 is 0 Å². The first-order valence-corrected chi connectivity index (χ1v) is 7.82. The molecule has 1 amide bonds. The molecule has 4 nitrogen and oxygen atoms in total. The molecule has 1 saturated carbocycles. The lowest BCUT2D eigenvalue weighted by atomic mass is 9.65. The van der Waals surface area contributed by atoms with Crippen LogP contribution in [0.15, 0.2) is 30.3 Å². The van der Waals surface area contributed by atoms with Gasteiger partial charge < -0.3 is 15.2 Å². The molecule has 0 saturated heterocycles. The van der Waals surface area contributed by atoms with Crippen molar-refractivity contribution in [2.45, 2.75) is 40.0 Å². The highest BCUT2D eigenvalue weighted by Crippen LogP contribution is 2.55. The number of aliphatic carboxylic acids is 1. The summed E-state index contributed by atoms with van der Waals surface area (Å²) in [4.78, 5) is 23.9. The zero-order chi connectivity index (χ0) is 16.4. The van der Waals surface area contributed by atoms with Gasteiger partial charge in [-0.25, -0.2) is 0 Å². The van der Waals surface area contributed by atoms with Crippen molar-refractivity contribution >= 4 is 11.9 Å². The van der Waals surface area contributed by atoms with Crippen LogP contribution in [0.2, 0.25) is 0 Å². The summed E-state index contributed by atoms with van der Waals surface area (Å²) in [5.41, 5.74) is -0.384. The normalized spacial score (nSPS) is 26.6. The Hall–Kier alpha value is -1.84. The molecular weight excluding hydrogens is 278 g/mol. The molecule has 0 unspecified atom stereocenters.